The quantitative estimate of drug-likeness (QED) is 0.460. The van der Waals surface area contributed by atoms with E-state index in [0.717, 1.165) is 0 Å². The number of hydrogen-bond donors (Lipinski definition) is 0. The molecule has 0 saturated carbocycles. The summed E-state index contributed by atoms with van der Waals surface area (Å²) in [5.74, 6) is -0.212. The number of amides is 2. The summed E-state index contributed by atoms with van der Waals surface area (Å²) in [6.07, 6.45) is 7.05. The predicted molar refractivity (Wildman–Crippen MR) is 92.3 cm³/mol. The van der Waals surface area contributed by atoms with Crippen LogP contribution in [0.5, 0.6) is 0 Å². The number of carbonyl (C=O) groups is 2. The Morgan fingerprint density at radius 1 is 0.773 bits per heavy atom. The van der Waals surface area contributed by atoms with Gasteiger partial charge in [-0.05, 0) is 13.8 Å². The Morgan fingerprint density at radius 3 is 1.32 bits per heavy atom. The Morgan fingerprint density at radius 2 is 1.09 bits per heavy atom. The highest BCUT2D eigenvalue weighted by atomic mass is 16.2. The van der Waals surface area contributed by atoms with Gasteiger partial charge in [0, 0.05) is 37.3 Å². The molecule has 0 aromatic rings. The second-order valence-corrected chi connectivity index (χ2v) is 5.03. The Kier molecular flexibility index (Phi) is 9.27. The second-order valence-electron chi connectivity index (χ2n) is 5.03. The number of carbonyl (C=O) groups excluding carboxylic acids is 2. The molecule has 0 atom stereocenters. The smallest absolute Gasteiger partial charge is 0.249 e. The largest absolute Gasteiger partial charge is 0.332 e. The molecule has 0 bridgehead atoms. The van der Waals surface area contributed by atoms with Crippen LogP contribution in [0, 0.1) is 0 Å². The van der Waals surface area contributed by atoms with E-state index >= 15 is 0 Å². The van der Waals surface area contributed by atoms with E-state index in [1.807, 2.05) is 12.2 Å². The maximum atomic E-state index is 11.9. The standard InChI is InChI=1S/C18H26N2O2/c1-7-11-19(17(21)15(3)4)13-9-10-14-20(12-8-2)18(22)16(5)6/h7-10H,1-3,5,11-14H2,4,6H3/b10-9+. The molecule has 4 nitrogen and oxygen atoms in total. The summed E-state index contributed by atoms with van der Waals surface area (Å²) >= 11 is 0. The van der Waals surface area contributed by atoms with Gasteiger partial charge in [-0.15, -0.1) is 13.2 Å². The zero-order valence-corrected chi connectivity index (χ0v) is 13.7. The molecule has 0 rings (SSSR count). The van der Waals surface area contributed by atoms with Gasteiger partial charge in [-0.2, -0.15) is 0 Å². The van der Waals surface area contributed by atoms with E-state index in [1.165, 1.54) is 0 Å². The van der Waals surface area contributed by atoms with Crippen LogP contribution in [0.15, 0.2) is 61.8 Å². The van der Waals surface area contributed by atoms with Gasteiger partial charge in [-0.25, -0.2) is 0 Å². The molecule has 0 aromatic heterocycles. The fourth-order valence-electron chi connectivity index (χ4n) is 1.74. The summed E-state index contributed by atoms with van der Waals surface area (Å²) < 4.78 is 0. The van der Waals surface area contributed by atoms with Gasteiger partial charge in [0.05, 0.1) is 0 Å². The molecule has 0 N–H and O–H groups in total. The summed E-state index contributed by atoms with van der Waals surface area (Å²) in [4.78, 5) is 27.1. The van der Waals surface area contributed by atoms with E-state index in [9.17, 15) is 9.59 Å². The third-order valence-electron chi connectivity index (χ3n) is 2.82. The van der Waals surface area contributed by atoms with Crippen molar-refractivity contribution < 1.29 is 9.59 Å². The molecule has 4 heteroatoms. The van der Waals surface area contributed by atoms with Crippen LogP contribution in [-0.2, 0) is 9.59 Å². The lowest BCUT2D eigenvalue weighted by atomic mass is 10.2. The van der Waals surface area contributed by atoms with Gasteiger partial charge in [0.15, 0.2) is 0 Å². The molecular formula is C18H26N2O2. The monoisotopic (exact) mass is 302 g/mol. The average molecular weight is 302 g/mol. The zero-order chi connectivity index (χ0) is 17.1. The minimum absolute atomic E-state index is 0.106. The summed E-state index contributed by atoms with van der Waals surface area (Å²) in [5, 5.41) is 0. The molecule has 2 amide bonds. The molecule has 0 aliphatic carbocycles. The van der Waals surface area contributed by atoms with Crippen molar-refractivity contribution in [2.45, 2.75) is 13.8 Å². The van der Waals surface area contributed by atoms with Crippen molar-refractivity contribution in [1.82, 2.24) is 9.80 Å². The average Bonchev–Trinajstić information content (AvgIpc) is 2.47. The summed E-state index contributed by atoms with van der Waals surface area (Å²) in [7, 11) is 0. The normalized spacial score (nSPS) is 10.1. The Labute approximate surface area is 133 Å². The summed E-state index contributed by atoms with van der Waals surface area (Å²) in [6.45, 7) is 19.8. The van der Waals surface area contributed by atoms with Crippen molar-refractivity contribution in [2.24, 2.45) is 0 Å². The molecule has 0 saturated heterocycles. The van der Waals surface area contributed by atoms with Crippen molar-refractivity contribution >= 4 is 11.8 Å². The van der Waals surface area contributed by atoms with Crippen molar-refractivity contribution in [1.29, 1.82) is 0 Å². The molecule has 0 aliphatic heterocycles. The van der Waals surface area contributed by atoms with Crippen LogP contribution >= 0.6 is 0 Å². The molecule has 0 unspecified atom stereocenters. The summed E-state index contributed by atoms with van der Waals surface area (Å²) in [5.41, 5.74) is 0.974. The lowest BCUT2D eigenvalue weighted by Gasteiger charge is -2.21. The van der Waals surface area contributed by atoms with Crippen LogP contribution in [0.3, 0.4) is 0 Å². The lowest BCUT2D eigenvalue weighted by molar-refractivity contribution is -0.127. The molecule has 120 valence electrons. The van der Waals surface area contributed by atoms with E-state index in [-0.39, 0.29) is 11.8 Å². The van der Waals surface area contributed by atoms with Crippen LogP contribution in [0.2, 0.25) is 0 Å². The van der Waals surface area contributed by atoms with Gasteiger partial charge < -0.3 is 9.80 Å². The highest BCUT2D eigenvalue weighted by Gasteiger charge is 2.12. The molecule has 0 radical (unpaired) electrons. The first-order valence-corrected chi connectivity index (χ1v) is 7.11. The Balaban J connectivity index is 4.66. The van der Waals surface area contributed by atoms with Crippen LogP contribution in [0.25, 0.3) is 0 Å². The maximum absolute atomic E-state index is 11.9. The SMILES string of the molecule is C=CCN(C/C=C/CN(CC=C)C(=O)C(=C)C)C(=O)C(=C)C. The van der Waals surface area contributed by atoms with Gasteiger partial charge in [0.25, 0.3) is 0 Å². The maximum Gasteiger partial charge on any atom is 0.249 e. The summed E-state index contributed by atoms with van der Waals surface area (Å²) in [6, 6.07) is 0. The molecule has 0 aliphatic rings. The molecule has 0 heterocycles. The van der Waals surface area contributed by atoms with Gasteiger partial charge >= 0.3 is 0 Å². The van der Waals surface area contributed by atoms with Gasteiger partial charge in [0.2, 0.25) is 11.8 Å². The Bertz CT molecular complexity index is 445. The first-order valence-electron chi connectivity index (χ1n) is 7.11. The van der Waals surface area contributed by atoms with Crippen molar-refractivity contribution in [3.8, 4) is 0 Å². The van der Waals surface area contributed by atoms with E-state index in [4.69, 9.17) is 0 Å². The van der Waals surface area contributed by atoms with Crippen LogP contribution < -0.4 is 0 Å². The molecule has 0 spiro atoms. The number of rotatable bonds is 10. The first kappa shape index (κ1) is 19.6. The highest BCUT2D eigenvalue weighted by molar-refractivity contribution is 5.92. The van der Waals surface area contributed by atoms with E-state index in [1.54, 1.807) is 35.8 Å². The van der Waals surface area contributed by atoms with Crippen molar-refractivity contribution in [3.05, 3.63) is 61.8 Å². The minimum Gasteiger partial charge on any atom is -0.332 e. The van der Waals surface area contributed by atoms with E-state index < -0.39 is 0 Å². The lowest BCUT2D eigenvalue weighted by Crippen LogP contribution is -2.33. The second kappa shape index (κ2) is 10.4. The fourth-order valence-corrected chi connectivity index (χ4v) is 1.74. The molecule has 0 aromatic carbocycles. The van der Waals surface area contributed by atoms with E-state index in [2.05, 4.69) is 26.3 Å². The van der Waals surface area contributed by atoms with E-state index in [0.29, 0.717) is 37.3 Å². The topological polar surface area (TPSA) is 40.6 Å². The van der Waals surface area contributed by atoms with Gasteiger partial charge in [0.1, 0.15) is 0 Å². The minimum atomic E-state index is -0.106. The highest BCUT2D eigenvalue weighted by Crippen LogP contribution is 2.02. The van der Waals surface area contributed by atoms with Crippen molar-refractivity contribution in [2.75, 3.05) is 26.2 Å². The molecule has 22 heavy (non-hydrogen) atoms. The molecule has 0 fully saturated rings. The number of hydrogen-bond acceptors (Lipinski definition) is 2. The third-order valence-corrected chi connectivity index (χ3v) is 2.82. The molecular weight excluding hydrogens is 276 g/mol. The Hall–Kier alpha value is -2.36. The van der Waals surface area contributed by atoms with Crippen LogP contribution in [0.4, 0.5) is 0 Å². The van der Waals surface area contributed by atoms with Gasteiger partial charge in [-0.1, -0.05) is 37.5 Å². The van der Waals surface area contributed by atoms with Crippen LogP contribution in [0.1, 0.15) is 13.8 Å². The van der Waals surface area contributed by atoms with Crippen molar-refractivity contribution in [3.63, 3.8) is 0 Å². The first-order chi connectivity index (χ1) is 10.3. The van der Waals surface area contributed by atoms with Crippen LogP contribution in [-0.4, -0.2) is 47.8 Å². The predicted octanol–water partition coefficient (Wildman–Crippen LogP) is 2.72. The van der Waals surface area contributed by atoms with Gasteiger partial charge in [-0.3, -0.25) is 9.59 Å². The zero-order valence-electron chi connectivity index (χ0n) is 13.7. The number of nitrogens with zero attached hydrogens (tertiary/aromatic N) is 2. The third kappa shape index (κ3) is 6.88. The fraction of sp³-hybridized carbons (Fsp3) is 0.333.